The van der Waals surface area contributed by atoms with Crippen LogP contribution in [0.25, 0.3) is 0 Å². The van der Waals surface area contributed by atoms with Gasteiger partial charge in [-0.15, -0.1) is 0 Å². The first-order valence-electron chi connectivity index (χ1n) is 10.2. The summed E-state index contributed by atoms with van der Waals surface area (Å²) in [7, 11) is 0. The molecule has 0 radical (unpaired) electrons. The molecule has 3 rings (SSSR count). The lowest BCUT2D eigenvalue weighted by Gasteiger charge is -2.33. The molecular formula is C23H27Cl2N3O2. The van der Waals surface area contributed by atoms with Crippen molar-refractivity contribution in [2.75, 3.05) is 23.3 Å². The summed E-state index contributed by atoms with van der Waals surface area (Å²) in [6, 6.07) is 10.2. The summed E-state index contributed by atoms with van der Waals surface area (Å²) in [6.07, 6.45) is 2.19. The Morgan fingerprint density at radius 1 is 1.00 bits per heavy atom. The number of hydrogen-bond donors (Lipinski definition) is 2. The van der Waals surface area contributed by atoms with E-state index >= 15 is 0 Å². The predicted molar refractivity (Wildman–Crippen MR) is 124 cm³/mol. The molecule has 2 N–H and O–H groups in total. The summed E-state index contributed by atoms with van der Waals surface area (Å²) in [5, 5.41) is 6.58. The van der Waals surface area contributed by atoms with Gasteiger partial charge in [0, 0.05) is 46.1 Å². The van der Waals surface area contributed by atoms with Gasteiger partial charge in [-0.25, -0.2) is 0 Å². The van der Waals surface area contributed by atoms with Crippen molar-refractivity contribution >= 4 is 46.4 Å². The Hall–Kier alpha value is -2.24. The van der Waals surface area contributed by atoms with E-state index in [0.29, 0.717) is 32.8 Å². The summed E-state index contributed by atoms with van der Waals surface area (Å²) < 4.78 is 0. The number of carbonyl (C=O) groups is 2. The average Bonchev–Trinajstić information content (AvgIpc) is 2.67. The van der Waals surface area contributed by atoms with Crippen molar-refractivity contribution in [3.63, 3.8) is 0 Å². The molecule has 30 heavy (non-hydrogen) atoms. The smallest absolute Gasteiger partial charge is 0.255 e. The summed E-state index contributed by atoms with van der Waals surface area (Å²) in [5.41, 5.74) is 2.35. The zero-order chi connectivity index (χ0) is 21.8. The molecule has 0 bridgehead atoms. The third kappa shape index (κ3) is 5.67. The number of piperidine rings is 1. The molecule has 1 saturated heterocycles. The van der Waals surface area contributed by atoms with Gasteiger partial charge in [0.2, 0.25) is 0 Å². The zero-order valence-corrected chi connectivity index (χ0v) is 19.0. The van der Waals surface area contributed by atoms with Crippen molar-refractivity contribution in [1.29, 1.82) is 0 Å². The summed E-state index contributed by atoms with van der Waals surface area (Å²) in [6.45, 7) is 7.93. The number of nitrogens with zero attached hydrogens (tertiary/aromatic N) is 1. The van der Waals surface area contributed by atoms with Crippen LogP contribution >= 0.6 is 23.2 Å². The summed E-state index contributed by atoms with van der Waals surface area (Å²) >= 11 is 12.0. The minimum atomic E-state index is -0.339. The number of halogens is 2. The van der Waals surface area contributed by atoms with Crippen molar-refractivity contribution in [2.24, 2.45) is 5.92 Å². The molecule has 0 atom stereocenters. The van der Waals surface area contributed by atoms with Crippen molar-refractivity contribution in [1.82, 2.24) is 5.32 Å². The highest BCUT2D eigenvalue weighted by Crippen LogP contribution is 2.29. The second kappa shape index (κ2) is 9.71. The Morgan fingerprint density at radius 2 is 1.63 bits per heavy atom. The molecule has 5 nitrogen and oxygen atoms in total. The van der Waals surface area contributed by atoms with Gasteiger partial charge < -0.3 is 15.5 Å². The molecule has 0 spiro atoms. The Kier molecular flexibility index (Phi) is 7.27. The van der Waals surface area contributed by atoms with Crippen LogP contribution < -0.4 is 15.5 Å². The fourth-order valence-electron chi connectivity index (χ4n) is 3.55. The zero-order valence-electron chi connectivity index (χ0n) is 17.5. The molecule has 7 heteroatoms. The predicted octanol–water partition coefficient (Wildman–Crippen LogP) is 5.62. The first-order chi connectivity index (χ1) is 14.2. The molecule has 0 unspecified atom stereocenters. The lowest BCUT2D eigenvalue weighted by atomic mass is 9.97. The van der Waals surface area contributed by atoms with Crippen LogP contribution in [0, 0.1) is 5.92 Å². The van der Waals surface area contributed by atoms with Gasteiger partial charge in [0.1, 0.15) is 0 Å². The van der Waals surface area contributed by atoms with E-state index in [1.165, 1.54) is 0 Å². The van der Waals surface area contributed by atoms with E-state index < -0.39 is 0 Å². The van der Waals surface area contributed by atoms with Crippen LogP contribution in [0.1, 0.15) is 54.3 Å². The molecule has 0 saturated carbocycles. The fourth-order valence-corrected chi connectivity index (χ4v) is 4.08. The van der Waals surface area contributed by atoms with Crippen LogP contribution in [0.4, 0.5) is 11.4 Å². The normalized spacial score (nSPS) is 14.7. The lowest BCUT2D eigenvalue weighted by Crippen LogP contribution is -2.36. The van der Waals surface area contributed by atoms with Gasteiger partial charge in [-0.3, -0.25) is 9.59 Å². The molecule has 0 aliphatic carbocycles. The van der Waals surface area contributed by atoms with E-state index in [1.807, 2.05) is 26.0 Å². The van der Waals surface area contributed by atoms with Gasteiger partial charge in [0.15, 0.2) is 0 Å². The monoisotopic (exact) mass is 447 g/mol. The first-order valence-corrected chi connectivity index (χ1v) is 11.0. The largest absolute Gasteiger partial charge is 0.371 e. The maximum Gasteiger partial charge on any atom is 0.255 e. The number of carbonyl (C=O) groups excluding carboxylic acids is 2. The number of rotatable bonds is 5. The quantitative estimate of drug-likeness (QED) is 0.624. The number of nitrogens with one attached hydrogen (secondary N) is 2. The SMILES string of the molecule is CC1CCN(c2ccc(NC(=O)c3cc(Cl)cc(Cl)c3)cc2C(=O)NC(C)C)CC1. The Morgan fingerprint density at radius 3 is 2.23 bits per heavy atom. The average molecular weight is 448 g/mol. The van der Waals surface area contributed by atoms with E-state index in [-0.39, 0.29) is 17.9 Å². The van der Waals surface area contributed by atoms with E-state index in [9.17, 15) is 9.59 Å². The number of benzene rings is 2. The first kappa shape index (κ1) is 22.4. The van der Waals surface area contributed by atoms with Gasteiger partial charge in [-0.2, -0.15) is 0 Å². The van der Waals surface area contributed by atoms with Crippen LogP contribution in [-0.4, -0.2) is 30.9 Å². The Balaban J connectivity index is 1.88. The van der Waals surface area contributed by atoms with Crippen molar-refractivity contribution in [3.8, 4) is 0 Å². The van der Waals surface area contributed by atoms with Crippen molar-refractivity contribution < 1.29 is 9.59 Å². The highest BCUT2D eigenvalue weighted by molar-refractivity contribution is 6.35. The Labute approximate surface area is 187 Å². The fraction of sp³-hybridized carbons (Fsp3) is 0.391. The maximum atomic E-state index is 12.9. The molecule has 2 amide bonds. The molecule has 0 aromatic heterocycles. The van der Waals surface area contributed by atoms with Gasteiger partial charge in [0.05, 0.1) is 5.56 Å². The van der Waals surface area contributed by atoms with Gasteiger partial charge in [-0.05, 0) is 69.0 Å². The minimum Gasteiger partial charge on any atom is -0.371 e. The number of anilines is 2. The minimum absolute atomic E-state index is 0.0126. The highest BCUT2D eigenvalue weighted by Gasteiger charge is 2.22. The van der Waals surface area contributed by atoms with Gasteiger partial charge in [-0.1, -0.05) is 30.1 Å². The van der Waals surface area contributed by atoms with Crippen LogP contribution in [0.2, 0.25) is 10.0 Å². The number of amides is 2. The van der Waals surface area contributed by atoms with E-state index in [1.54, 1.807) is 24.3 Å². The third-order valence-corrected chi connectivity index (χ3v) is 5.60. The van der Waals surface area contributed by atoms with Gasteiger partial charge in [0.25, 0.3) is 11.8 Å². The molecule has 2 aromatic rings. The van der Waals surface area contributed by atoms with Crippen LogP contribution in [0.15, 0.2) is 36.4 Å². The topological polar surface area (TPSA) is 61.4 Å². The van der Waals surface area contributed by atoms with Crippen LogP contribution in [-0.2, 0) is 0 Å². The van der Waals surface area contributed by atoms with Gasteiger partial charge >= 0.3 is 0 Å². The van der Waals surface area contributed by atoms with Crippen molar-refractivity contribution in [3.05, 3.63) is 57.6 Å². The van der Waals surface area contributed by atoms with Crippen molar-refractivity contribution in [2.45, 2.75) is 39.7 Å². The van der Waals surface area contributed by atoms with Crippen LogP contribution in [0.5, 0.6) is 0 Å². The number of hydrogen-bond acceptors (Lipinski definition) is 3. The molecule has 1 heterocycles. The Bertz CT molecular complexity index is 918. The standard InChI is InChI=1S/C23H27Cl2N3O2/c1-14(2)26-23(30)20-13-19(4-5-21(20)28-8-6-15(3)7-9-28)27-22(29)16-10-17(24)12-18(25)11-16/h4-5,10-15H,6-9H2,1-3H3,(H,26,30)(H,27,29). The van der Waals surface area contributed by atoms with Crippen LogP contribution in [0.3, 0.4) is 0 Å². The second-order valence-corrected chi connectivity index (χ2v) is 9.01. The molecule has 160 valence electrons. The van der Waals surface area contributed by atoms with E-state index in [0.717, 1.165) is 31.6 Å². The summed E-state index contributed by atoms with van der Waals surface area (Å²) in [4.78, 5) is 27.8. The molecular weight excluding hydrogens is 421 g/mol. The highest BCUT2D eigenvalue weighted by atomic mass is 35.5. The third-order valence-electron chi connectivity index (χ3n) is 5.17. The lowest BCUT2D eigenvalue weighted by molar-refractivity contribution is 0.0942. The van der Waals surface area contributed by atoms with E-state index in [2.05, 4.69) is 22.5 Å². The molecule has 1 aliphatic heterocycles. The van der Waals surface area contributed by atoms with E-state index in [4.69, 9.17) is 23.2 Å². The second-order valence-electron chi connectivity index (χ2n) is 8.14. The molecule has 2 aromatic carbocycles. The molecule has 1 fully saturated rings. The summed E-state index contributed by atoms with van der Waals surface area (Å²) in [5.74, 6) is 0.201. The molecule has 1 aliphatic rings. The maximum absolute atomic E-state index is 12.9.